The fourth-order valence-electron chi connectivity index (χ4n) is 3.58. The summed E-state index contributed by atoms with van der Waals surface area (Å²) in [7, 11) is 0. The topological polar surface area (TPSA) is 130 Å². The number of aryl methyl sites for hydroxylation is 1. The number of piperidine rings is 1. The zero-order valence-electron chi connectivity index (χ0n) is 16.0. The number of carbonyl (C=O) groups is 1. The van der Waals surface area contributed by atoms with E-state index in [-0.39, 0.29) is 11.5 Å². The van der Waals surface area contributed by atoms with Gasteiger partial charge >= 0.3 is 0 Å². The van der Waals surface area contributed by atoms with Crippen molar-refractivity contribution in [2.75, 3.05) is 18.8 Å². The van der Waals surface area contributed by atoms with E-state index in [1.54, 1.807) is 0 Å². The van der Waals surface area contributed by atoms with Gasteiger partial charge in [-0.2, -0.15) is 0 Å². The quantitative estimate of drug-likeness (QED) is 0.353. The van der Waals surface area contributed by atoms with Crippen LogP contribution < -0.4 is 5.73 Å². The van der Waals surface area contributed by atoms with E-state index in [4.69, 9.17) is 5.73 Å². The number of carbonyl (C=O) groups excluding carboxylic acids is 1. The third-order valence-electron chi connectivity index (χ3n) is 5.31. The van der Waals surface area contributed by atoms with Crippen LogP contribution in [0.4, 0.5) is 5.82 Å². The fraction of sp³-hybridized carbons (Fsp3) is 0.368. The van der Waals surface area contributed by atoms with Crippen molar-refractivity contribution in [3.05, 3.63) is 22.9 Å². The second-order valence-electron chi connectivity index (χ2n) is 7.22. The summed E-state index contributed by atoms with van der Waals surface area (Å²) in [5.41, 5.74) is 7.22. The van der Waals surface area contributed by atoms with Gasteiger partial charge in [-0.15, -0.1) is 0 Å². The lowest BCUT2D eigenvalue weighted by Crippen LogP contribution is -2.32. The van der Waals surface area contributed by atoms with Gasteiger partial charge in [0.15, 0.2) is 33.6 Å². The zero-order chi connectivity index (χ0) is 21.3. The number of phenols is 2. The molecule has 2 aromatic heterocycles. The zero-order valence-corrected chi connectivity index (χ0v) is 18.4. The standard InChI is InChI=1S/C19H21BrN6O3S/c20-12-7-13(28)14(29)8-15(12)30-19-24-16-17(21)22-9-23-18(16)26(19)6-3-11-1-4-25(10-27)5-2-11/h7-11,28-29H,1-6H2,(H2,21,22,23). The Morgan fingerprint density at radius 1 is 1.23 bits per heavy atom. The number of nitrogens with zero attached hydrogens (tertiary/aromatic N) is 5. The fourth-order valence-corrected chi connectivity index (χ4v) is 5.10. The van der Waals surface area contributed by atoms with Crippen LogP contribution in [0.3, 0.4) is 0 Å². The van der Waals surface area contributed by atoms with Gasteiger partial charge < -0.3 is 25.4 Å². The second-order valence-corrected chi connectivity index (χ2v) is 9.09. The van der Waals surface area contributed by atoms with Crippen molar-refractivity contribution in [3.8, 4) is 11.5 Å². The molecule has 1 aromatic carbocycles. The first kappa shape index (κ1) is 20.7. The highest BCUT2D eigenvalue weighted by molar-refractivity contribution is 9.10. The number of nitrogens with two attached hydrogens (primary N) is 1. The molecule has 11 heteroatoms. The Balaban J connectivity index is 1.62. The van der Waals surface area contributed by atoms with Gasteiger partial charge in [-0.3, -0.25) is 4.79 Å². The number of nitrogen functional groups attached to an aromatic ring is 1. The van der Waals surface area contributed by atoms with Crippen molar-refractivity contribution in [2.45, 2.75) is 35.9 Å². The molecule has 4 rings (SSSR count). The molecule has 0 aliphatic carbocycles. The SMILES string of the molecule is Nc1ncnc2c1nc(Sc1cc(O)c(O)cc1Br)n2CCC1CCN(C=O)CC1. The van der Waals surface area contributed by atoms with Crippen LogP contribution in [0.2, 0.25) is 0 Å². The Morgan fingerprint density at radius 2 is 1.97 bits per heavy atom. The molecule has 0 atom stereocenters. The Bertz CT molecular complexity index is 1080. The number of hydrogen-bond donors (Lipinski definition) is 3. The number of fused-ring (bicyclic) bond motifs is 1. The lowest BCUT2D eigenvalue weighted by molar-refractivity contribution is -0.119. The van der Waals surface area contributed by atoms with Gasteiger partial charge in [0.2, 0.25) is 6.41 Å². The molecular formula is C19H21BrN6O3S. The molecular weight excluding hydrogens is 472 g/mol. The summed E-state index contributed by atoms with van der Waals surface area (Å²) in [6, 6.07) is 2.93. The first-order valence-corrected chi connectivity index (χ1v) is 11.1. The minimum Gasteiger partial charge on any atom is -0.504 e. The number of anilines is 1. The highest BCUT2D eigenvalue weighted by Gasteiger charge is 2.21. The van der Waals surface area contributed by atoms with Crippen LogP contribution in [0.1, 0.15) is 19.3 Å². The maximum Gasteiger partial charge on any atom is 0.209 e. The summed E-state index contributed by atoms with van der Waals surface area (Å²) in [5.74, 6) is 0.425. The van der Waals surface area contributed by atoms with Gasteiger partial charge in [0.1, 0.15) is 6.33 Å². The van der Waals surface area contributed by atoms with Gasteiger partial charge in [-0.1, -0.05) is 11.8 Å². The molecule has 0 spiro atoms. The molecule has 0 bridgehead atoms. The van der Waals surface area contributed by atoms with Crippen molar-refractivity contribution in [3.63, 3.8) is 0 Å². The minimum absolute atomic E-state index is 0.198. The summed E-state index contributed by atoms with van der Waals surface area (Å²) >= 11 is 4.77. The van der Waals surface area contributed by atoms with Gasteiger partial charge in [-0.25, -0.2) is 15.0 Å². The molecule has 0 unspecified atom stereocenters. The Morgan fingerprint density at radius 3 is 2.70 bits per heavy atom. The molecule has 1 amide bonds. The Labute approximate surface area is 185 Å². The maximum absolute atomic E-state index is 10.9. The smallest absolute Gasteiger partial charge is 0.209 e. The number of aromatic nitrogens is 4. The highest BCUT2D eigenvalue weighted by atomic mass is 79.9. The molecule has 0 saturated carbocycles. The third kappa shape index (κ3) is 4.17. The van der Waals surface area contributed by atoms with E-state index in [2.05, 4.69) is 30.9 Å². The summed E-state index contributed by atoms with van der Waals surface area (Å²) in [5, 5.41) is 20.3. The number of likely N-dealkylation sites (tertiary alicyclic amines) is 1. The highest BCUT2D eigenvalue weighted by Crippen LogP contribution is 2.40. The first-order valence-electron chi connectivity index (χ1n) is 9.51. The first-order chi connectivity index (χ1) is 14.5. The molecule has 30 heavy (non-hydrogen) atoms. The number of amides is 1. The number of hydrogen-bond acceptors (Lipinski definition) is 8. The summed E-state index contributed by atoms with van der Waals surface area (Å²) in [4.78, 5) is 26.5. The van der Waals surface area contributed by atoms with Crippen molar-refractivity contribution in [1.29, 1.82) is 0 Å². The number of benzene rings is 1. The number of aromatic hydroxyl groups is 2. The van der Waals surface area contributed by atoms with Crippen molar-refractivity contribution >= 4 is 51.1 Å². The number of halogens is 1. The van der Waals surface area contributed by atoms with E-state index < -0.39 is 0 Å². The van der Waals surface area contributed by atoms with E-state index in [9.17, 15) is 15.0 Å². The van der Waals surface area contributed by atoms with Crippen LogP contribution in [0.15, 0.2) is 33.0 Å². The van der Waals surface area contributed by atoms with Crippen molar-refractivity contribution in [2.24, 2.45) is 5.92 Å². The van der Waals surface area contributed by atoms with E-state index in [1.165, 1.54) is 30.2 Å². The predicted octanol–water partition coefficient (Wildman–Crippen LogP) is 2.99. The van der Waals surface area contributed by atoms with Gasteiger partial charge in [0, 0.05) is 29.0 Å². The van der Waals surface area contributed by atoms with Crippen LogP contribution in [0.5, 0.6) is 11.5 Å². The van der Waals surface area contributed by atoms with Crippen LogP contribution in [-0.2, 0) is 11.3 Å². The van der Waals surface area contributed by atoms with Crippen molar-refractivity contribution in [1.82, 2.24) is 24.4 Å². The van der Waals surface area contributed by atoms with Gasteiger partial charge in [0.25, 0.3) is 0 Å². The predicted molar refractivity (Wildman–Crippen MR) is 116 cm³/mol. The summed E-state index contributed by atoms with van der Waals surface area (Å²) < 4.78 is 2.65. The average molecular weight is 493 g/mol. The largest absolute Gasteiger partial charge is 0.504 e. The molecule has 0 radical (unpaired) electrons. The minimum atomic E-state index is -0.204. The van der Waals surface area contributed by atoms with E-state index >= 15 is 0 Å². The van der Waals surface area contributed by atoms with Crippen LogP contribution in [0, 0.1) is 5.92 Å². The second kappa shape index (κ2) is 8.68. The van der Waals surface area contributed by atoms with E-state index in [1.807, 2.05) is 9.47 Å². The third-order valence-corrected chi connectivity index (χ3v) is 7.29. The molecule has 1 saturated heterocycles. The molecule has 9 nitrogen and oxygen atoms in total. The van der Waals surface area contributed by atoms with E-state index in [0.717, 1.165) is 38.8 Å². The molecule has 3 heterocycles. The molecule has 1 aliphatic heterocycles. The Hall–Kier alpha value is -2.53. The molecule has 4 N–H and O–H groups in total. The molecule has 3 aromatic rings. The lowest BCUT2D eigenvalue weighted by atomic mass is 9.94. The van der Waals surface area contributed by atoms with Crippen LogP contribution in [-0.4, -0.2) is 54.1 Å². The molecule has 158 valence electrons. The summed E-state index contributed by atoms with van der Waals surface area (Å²) in [6.07, 6.45) is 5.22. The lowest BCUT2D eigenvalue weighted by Gasteiger charge is -2.29. The number of phenolic OH excluding ortho intramolecular Hbond substituents is 2. The van der Waals surface area contributed by atoms with Gasteiger partial charge in [-0.05, 0) is 53.2 Å². The van der Waals surface area contributed by atoms with Gasteiger partial charge in [0.05, 0.1) is 0 Å². The van der Waals surface area contributed by atoms with E-state index in [0.29, 0.717) is 44.0 Å². The number of rotatable bonds is 6. The Kier molecular flexibility index (Phi) is 6.00. The maximum atomic E-state index is 10.9. The van der Waals surface area contributed by atoms with Crippen LogP contribution in [0.25, 0.3) is 11.2 Å². The molecule has 1 fully saturated rings. The monoisotopic (exact) mass is 492 g/mol. The number of imidazole rings is 1. The normalized spacial score (nSPS) is 15.0. The average Bonchev–Trinajstić information content (AvgIpc) is 3.09. The summed E-state index contributed by atoms with van der Waals surface area (Å²) in [6.45, 7) is 2.27. The van der Waals surface area contributed by atoms with Crippen LogP contribution >= 0.6 is 27.7 Å². The van der Waals surface area contributed by atoms with Crippen molar-refractivity contribution < 1.29 is 15.0 Å². The molecule has 1 aliphatic rings.